The predicted octanol–water partition coefficient (Wildman–Crippen LogP) is 5.09. The van der Waals surface area contributed by atoms with Crippen LogP contribution in [0, 0.1) is 0 Å². The molecule has 0 fully saturated rings. The zero-order valence-corrected chi connectivity index (χ0v) is 14.0. The number of imidazole rings is 1. The van der Waals surface area contributed by atoms with E-state index in [1.54, 1.807) is 0 Å². The summed E-state index contributed by atoms with van der Waals surface area (Å²) in [7, 11) is 1.93. The molecule has 0 spiro atoms. The summed E-state index contributed by atoms with van der Waals surface area (Å²) in [6.07, 6.45) is 0. The molecule has 2 aromatic carbocycles. The van der Waals surface area contributed by atoms with Crippen LogP contribution in [-0.2, 0) is 0 Å². The molecular weight excluding hydrogens is 326 g/mol. The van der Waals surface area contributed by atoms with Gasteiger partial charge in [-0.05, 0) is 56.3 Å². The molecule has 4 heteroatoms. The molecule has 3 nitrogen and oxygen atoms in total. The molecule has 1 N–H and O–H groups in total. The summed E-state index contributed by atoms with van der Waals surface area (Å²) < 4.78 is 3.34. The molecule has 0 saturated carbocycles. The van der Waals surface area contributed by atoms with Crippen LogP contribution in [0.25, 0.3) is 22.4 Å². The average Bonchev–Trinajstić information content (AvgIpc) is 2.85. The van der Waals surface area contributed by atoms with E-state index in [4.69, 9.17) is 4.98 Å². The lowest BCUT2D eigenvalue weighted by atomic mass is 10.2. The average molecular weight is 344 g/mol. The van der Waals surface area contributed by atoms with Crippen molar-refractivity contribution in [3.8, 4) is 11.4 Å². The smallest absolute Gasteiger partial charge is 0.141 e. The summed E-state index contributed by atoms with van der Waals surface area (Å²) in [5.74, 6) is 1.01. The van der Waals surface area contributed by atoms with Gasteiger partial charge in [0.05, 0.1) is 11.0 Å². The number of halogens is 1. The van der Waals surface area contributed by atoms with Crippen molar-refractivity contribution in [1.29, 1.82) is 0 Å². The molecule has 108 valence electrons. The Hall–Kier alpha value is -1.81. The first-order valence-electron chi connectivity index (χ1n) is 7.06. The molecule has 3 aromatic rings. The molecule has 0 saturated heterocycles. The van der Waals surface area contributed by atoms with E-state index in [-0.39, 0.29) is 0 Å². The molecule has 0 aliphatic rings. The fourth-order valence-corrected chi connectivity index (χ4v) is 2.93. The van der Waals surface area contributed by atoms with Crippen molar-refractivity contribution in [1.82, 2.24) is 9.55 Å². The van der Waals surface area contributed by atoms with Crippen LogP contribution < -0.4 is 5.32 Å². The number of nitrogens with zero attached hydrogens (tertiary/aromatic N) is 2. The molecule has 21 heavy (non-hydrogen) atoms. The Balaban J connectivity index is 2.22. The second kappa shape index (κ2) is 5.53. The maximum Gasteiger partial charge on any atom is 0.141 e. The largest absolute Gasteiger partial charge is 0.388 e. The fourth-order valence-electron chi connectivity index (χ4n) is 2.58. The van der Waals surface area contributed by atoms with Crippen LogP contribution in [0.1, 0.15) is 19.9 Å². The van der Waals surface area contributed by atoms with Crippen LogP contribution in [0.5, 0.6) is 0 Å². The van der Waals surface area contributed by atoms with Gasteiger partial charge in [0.2, 0.25) is 0 Å². The third-order valence-corrected chi connectivity index (χ3v) is 4.09. The Kier molecular flexibility index (Phi) is 3.72. The summed E-state index contributed by atoms with van der Waals surface area (Å²) in [6.45, 7) is 4.38. The summed E-state index contributed by atoms with van der Waals surface area (Å²) in [4.78, 5) is 4.83. The van der Waals surface area contributed by atoms with Crippen LogP contribution >= 0.6 is 15.9 Å². The van der Waals surface area contributed by atoms with Crippen molar-refractivity contribution in [3.05, 3.63) is 46.9 Å². The van der Waals surface area contributed by atoms with E-state index < -0.39 is 0 Å². The van der Waals surface area contributed by atoms with Crippen molar-refractivity contribution < 1.29 is 0 Å². The molecule has 3 rings (SSSR count). The molecule has 0 amide bonds. The first-order valence-corrected chi connectivity index (χ1v) is 7.85. The van der Waals surface area contributed by atoms with E-state index in [1.165, 1.54) is 5.52 Å². The zero-order chi connectivity index (χ0) is 15.0. The Morgan fingerprint density at radius 2 is 1.81 bits per heavy atom. The van der Waals surface area contributed by atoms with E-state index >= 15 is 0 Å². The topological polar surface area (TPSA) is 29.9 Å². The molecule has 0 unspecified atom stereocenters. The van der Waals surface area contributed by atoms with Crippen LogP contribution in [-0.4, -0.2) is 16.6 Å². The normalized spacial score (nSPS) is 11.3. The van der Waals surface area contributed by atoms with Crippen molar-refractivity contribution in [2.75, 3.05) is 12.4 Å². The highest BCUT2D eigenvalue weighted by atomic mass is 79.9. The highest BCUT2D eigenvalue weighted by Crippen LogP contribution is 2.30. The molecular formula is C17H18BrN3. The van der Waals surface area contributed by atoms with Crippen molar-refractivity contribution in [3.63, 3.8) is 0 Å². The molecule has 1 heterocycles. The standard InChI is InChI=1S/C17H18BrN3/c1-11(2)21-16-9-6-13(18)10-15(16)20-17(21)12-4-7-14(19-3)8-5-12/h4-11,19H,1-3H3. The molecule has 0 aliphatic carbocycles. The quantitative estimate of drug-likeness (QED) is 0.717. The first-order chi connectivity index (χ1) is 10.1. The summed E-state index contributed by atoms with van der Waals surface area (Å²) >= 11 is 3.52. The number of aromatic nitrogens is 2. The minimum absolute atomic E-state index is 0.357. The lowest BCUT2D eigenvalue weighted by Crippen LogP contribution is -2.03. The summed E-state index contributed by atoms with van der Waals surface area (Å²) in [5, 5.41) is 3.14. The van der Waals surface area contributed by atoms with Gasteiger partial charge in [-0.2, -0.15) is 0 Å². The van der Waals surface area contributed by atoms with Gasteiger partial charge in [-0.15, -0.1) is 0 Å². The van der Waals surface area contributed by atoms with E-state index in [2.05, 4.69) is 82.1 Å². The van der Waals surface area contributed by atoms with Gasteiger partial charge in [0, 0.05) is 28.8 Å². The predicted molar refractivity (Wildman–Crippen MR) is 92.8 cm³/mol. The second-order valence-corrected chi connectivity index (χ2v) is 6.28. The Morgan fingerprint density at radius 1 is 1.10 bits per heavy atom. The second-order valence-electron chi connectivity index (χ2n) is 5.36. The van der Waals surface area contributed by atoms with E-state index in [9.17, 15) is 0 Å². The Bertz CT molecular complexity index is 773. The molecule has 0 bridgehead atoms. The van der Waals surface area contributed by atoms with Gasteiger partial charge >= 0.3 is 0 Å². The Labute approximate surface area is 133 Å². The molecule has 1 aromatic heterocycles. The number of rotatable bonds is 3. The van der Waals surface area contributed by atoms with Crippen LogP contribution in [0.2, 0.25) is 0 Å². The third kappa shape index (κ3) is 2.56. The molecule has 0 radical (unpaired) electrons. The van der Waals surface area contributed by atoms with E-state index in [0.717, 1.165) is 27.1 Å². The lowest BCUT2D eigenvalue weighted by molar-refractivity contribution is 0.624. The van der Waals surface area contributed by atoms with Gasteiger partial charge in [-0.3, -0.25) is 0 Å². The SMILES string of the molecule is CNc1ccc(-c2nc3cc(Br)ccc3n2C(C)C)cc1. The third-order valence-electron chi connectivity index (χ3n) is 3.60. The van der Waals surface area contributed by atoms with Gasteiger partial charge in [0.1, 0.15) is 5.82 Å². The number of hydrogen-bond donors (Lipinski definition) is 1. The van der Waals surface area contributed by atoms with E-state index in [1.807, 2.05) is 7.05 Å². The molecule has 0 aliphatic heterocycles. The minimum atomic E-state index is 0.357. The lowest BCUT2D eigenvalue weighted by Gasteiger charge is -2.13. The van der Waals surface area contributed by atoms with Crippen LogP contribution in [0.3, 0.4) is 0 Å². The number of fused-ring (bicyclic) bond motifs is 1. The van der Waals surface area contributed by atoms with Gasteiger partial charge < -0.3 is 9.88 Å². The van der Waals surface area contributed by atoms with Gasteiger partial charge in [-0.25, -0.2) is 4.98 Å². The maximum absolute atomic E-state index is 4.83. The highest BCUT2D eigenvalue weighted by molar-refractivity contribution is 9.10. The Morgan fingerprint density at radius 3 is 2.43 bits per heavy atom. The number of benzene rings is 2. The van der Waals surface area contributed by atoms with Gasteiger partial charge in [0.15, 0.2) is 0 Å². The molecule has 0 atom stereocenters. The monoisotopic (exact) mass is 343 g/mol. The van der Waals surface area contributed by atoms with E-state index in [0.29, 0.717) is 6.04 Å². The van der Waals surface area contributed by atoms with Crippen molar-refractivity contribution in [2.24, 2.45) is 0 Å². The summed E-state index contributed by atoms with van der Waals surface area (Å²) in [5.41, 5.74) is 4.43. The highest BCUT2D eigenvalue weighted by Gasteiger charge is 2.15. The number of hydrogen-bond acceptors (Lipinski definition) is 2. The van der Waals surface area contributed by atoms with Crippen molar-refractivity contribution in [2.45, 2.75) is 19.9 Å². The number of nitrogens with one attached hydrogen (secondary N) is 1. The fraction of sp³-hybridized carbons (Fsp3) is 0.235. The maximum atomic E-state index is 4.83. The number of anilines is 1. The minimum Gasteiger partial charge on any atom is -0.388 e. The van der Waals surface area contributed by atoms with Crippen molar-refractivity contribution >= 4 is 32.7 Å². The van der Waals surface area contributed by atoms with Crippen LogP contribution in [0.15, 0.2) is 46.9 Å². The van der Waals surface area contributed by atoms with Gasteiger partial charge in [0.25, 0.3) is 0 Å². The van der Waals surface area contributed by atoms with Crippen LogP contribution in [0.4, 0.5) is 5.69 Å². The summed E-state index contributed by atoms with van der Waals surface area (Å²) in [6, 6.07) is 15.0. The first kappa shape index (κ1) is 14.1. The van der Waals surface area contributed by atoms with Gasteiger partial charge in [-0.1, -0.05) is 15.9 Å². The zero-order valence-electron chi connectivity index (χ0n) is 12.4.